The van der Waals surface area contributed by atoms with Crippen molar-refractivity contribution in [3.63, 3.8) is 0 Å². The van der Waals surface area contributed by atoms with E-state index in [9.17, 15) is 40.5 Å². The average Bonchev–Trinajstić information content (AvgIpc) is 3.08. The Labute approximate surface area is 288 Å². The number of rotatable bonds is 28. The lowest BCUT2D eigenvalue weighted by Gasteiger charge is -2.40. The van der Waals surface area contributed by atoms with E-state index in [2.05, 4.69) is 49.5 Å². The van der Waals surface area contributed by atoms with Gasteiger partial charge in [0.2, 0.25) is 5.91 Å². The van der Waals surface area contributed by atoms with Crippen molar-refractivity contribution in [3.05, 3.63) is 36.5 Å². The predicted molar refractivity (Wildman–Crippen MR) is 187 cm³/mol. The normalized spacial score (nSPS) is 24.4. The number of carbonyl (C=O) groups is 1. The Hall–Kier alpha value is -1.67. The highest BCUT2D eigenvalue weighted by Crippen LogP contribution is 2.23. The highest BCUT2D eigenvalue weighted by atomic mass is 16.7. The molecule has 1 aliphatic heterocycles. The molecule has 11 heteroatoms. The van der Waals surface area contributed by atoms with Crippen LogP contribution in [0.4, 0.5) is 0 Å². The molecule has 0 bridgehead atoms. The van der Waals surface area contributed by atoms with Crippen molar-refractivity contribution in [1.29, 1.82) is 0 Å². The highest BCUT2D eigenvalue weighted by molar-refractivity contribution is 5.80. The molecule has 0 aromatic rings. The third-order valence-corrected chi connectivity index (χ3v) is 8.64. The fourth-order valence-electron chi connectivity index (χ4n) is 5.43. The van der Waals surface area contributed by atoms with E-state index in [0.29, 0.717) is 19.3 Å². The van der Waals surface area contributed by atoms with Gasteiger partial charge in [-0.2, -0.15) is 0 Å². The Kier molecular flexibility index (Phi) is 25.9. The second-order valence-electron chi connectivity index (χ2n) is 12.9. The predicted octanol–water partition coefficient (Wildman–Crippen LogP) is 3.71. The van der Waals surface area contributed by atoms with Crippen LogP contribution in [-0.2, 0) is 14.3 Å². The zero-order valence-corrected chi connectivity index (χ0v) is 29.5. The molecule has 0 aromatic carbocycles. The van der Waals surface area contributed by atoms with Crippen molar-refractivity contribution in [1.82, 2.24) is 5.32 Å². The van der Waals surface area contributed by atoms with Crippen molar-refractivity contribution in [2.75, 3.05) is 13.2 Å². The van der Waals surface area contributed by atoms with Gasteiger partial charge in [0, 0.05) is 0 Å². The van der Waals surface area contributed by atoms with Crippen molar-refractivity contribution in [3.8, 4) is 0 Å². The summed E-state index contributed by atoms with van der Waals surface area (Å²) in [6, 6.07) is -1.19. The number of unbranched alkanes of at least 4 members (excludes halogenated alkanes) is 10. The molecule has 1 saturated heterocycles. The van der Waals surface area contributed by atoms with Crippen LogP contribution in [0.3, 0.4) is 0 Å². The monoisotopic (exact) mass is 685 g/mol. The van der Waals surface area contributed by atoms with Crippen LogP contribution >= 0.6 is 0 Å². The molecule has 280 valence electrons. The van der Waals surface area contributed by atoms with E-state index in [1.54, 1.807) is 0 Å². The first-order valence-electron chi connectivity index (χ1n) is 18.4. The molecule has 0 aromatic heterocycles. The molecule has 0 aliphatic carbocycles. The van der Waals surface area contributed by atoms with E-state index in [0.717, 1.165) is 51.4 Å². The topological polar surface area (TPSA) is 189 Å². The van der Waals surface area contributed by atoms with Gasteiger partial charge < -0.3 is 50.5 Å². The van der Waals surface area contributed by atoms with E-state index in [4.69, 9.17) is 9.47 Å². The number of carbonyl (C=O) groups excluding carboxylic acids is 1. The number of allylic oxidation sites excluding steroid dienone is 6. The van der Waals surface area contributed by atoms with Crippen LogP contribution in [0.2, 0.25) is 0 Å². The van der Waals surface area contributed by atoms with Crippen LogP contribution in [0.15, 0.2) is 36.5 Å². The van der Waals surface area contributed by atoms with Gasteiger partial charge in [0.05, 0.1) is 25.4 Å². The summed E-state index contributed by atoms with van der Waals surface area (Å²) in [6.45, 7) is 3.26. The Morgan fingerprint density at radius 3 is 1.88 bits per heavy atom. The van der Waals surface area contributed by atoms with E-state index < -0.39 is 74.2 Å². The van der Waals surface area contributed by atoms with Crippen molar-refractivity contribution in [2.24, 2.45) is 0 Å². The zero-order valence-electron chi connectivity index (χ0n) is 29.5. The fraction of sp³-hybridized carbons (Fsp3) is 0.811. The minimum Gasteiger partial charge on any atom is -0.394 e. The van der Waals surface area contributed by atoms with Crippen LogP contribution in [0.1, 0.15) is 123 Å². The van der Waals surface area contributed by atoms with Gasteiger partial charge in [-0.15, -0.1) is 0 Å². The third kappa shape index (κ3) is 18.9. The number of amides is 1. The Bertz CT molecular complexity index is 882. The van der Waals surface area contributed by atoms with Crippen molar-refractivity contribution < 1.29 is 50.0 Å². The summed E-state index contributed by atoms with van der Waals surface area (Å²) in [4.78, 5) is 12.9. The first-order valence-corrected chi connectivity index (χ1v) is 18.4. The summed E-state index contributed by atoms with van der Waals surface area (Å²) in [6.07, 6.45) is 16.6. The second kappa shape index (κ2) is 28.1. The standard InChI is InChI=1S/C37H67NO10/c1-3-5-7-9-11-13-14-15-17-18-20-22-24-29(40)32(42)28(27-47-37-35(45)34(44)33(43)31(26-39)48-37)38-36(46)30(41)25-23-21-19-16-12-10-8-6-4-2/h10-13,17-18,28-35,37,39-45H,3-9,14-16,19-27H2,1-2H3,(H,38,46)/b12-10-,13-11+,18-17+. The Morgan fingerprint density at radius 1 is 0.708 bits per heavy atom. The molecule has 48 heavy (non-hydrogen) atoms. The van der Waals surface area contributed by atoms with E-state index >= 15 is 0 Å². The molecule has 0 spiro atoms. The Balaban J connectivity index is 2.66. The lowest BCUT2D eigenvalue weighted by Crippen LogP contribution is -2.60. The molecule has 11 nitrogen and oxygen atoms in total. The average molecular weight is 686 g/mol. The first kappa shape index (κ1) is 44.4. The van der Waals surface area contributed by atoms with Gasteiger partial charge >= 0.3 is 0 Å². The summed E-state index contributed by atoms with van der Waals surface area (Å²) in [5, 5.41) is 74.9. The lowest BCUT2D eigenvalue weighted by atomic mass is 9.98. The van der Waals surface area contributed by atoms with Crippen LogP contribution in [0, 0.1) is 0 Å². The number of aliphatic hydroxyl groups is 7. The van der Waals surface area contributed by atoms with Gasteiger partial charge in [-0.3, -0.25) is 4.79 Å². The van der Waals surface area contributed by atoms with Crippen molar-refractivity contribution >= 4 is 5.91 Å². The van der Waals surface area contributed by atoms with Gasteiger partial charge in [0.15, 0.2) is 6.29 Å². The molecule has 1 amide bonds. The lowest BCUT2D eigenvalue weighted by molar-refractivity contribution is -0.303. The van der Waals surface area contributed by atoms with Crippen LogP contribution in [0.5, 0.6) is 0 Å². The molecule has 0 saturated carbocycles. The molecule has 9 unspecified atom stereocenters. The molecule has 8 N–H and O–H groups in total. The maximum Gasteiger partial charge on any atom is 0.249 e. The number of ether oxygens (including phenoxy) is 2. The quantitative estimate of drug-likeness (QED) is 0.0445. The van der Waals surface area contributed by atoms with Gasteiger partial charge in [-0.05, 0) is 70.6 Å². The molecule has 1 fully saturated rings. The number of nitrogens with one attached hydrogen (secondary N) is 1. The molecule has 9 atom stereocenters. The zero-order chi connectivity index (χ0) is 35.6. The summed E-state index contributed by atoms with van der Waals surface area (Å²) < 4.78 is 11.0. The molecule has 1 heterocycles. The van der Waals surface area contributed by atoms with Crippen LogP contribution < -0.4 is 5.32 Å². The summed E-state index contributed by atoms with van der Waals surface area (Å²) in [5.41, 5.74) is 0. The Morgan fingerprint density at radius 2 is 1.27 bits per heavy atom. The van der Waals surface area contributed by atoms with Crippen LogP contribution in [-0.4, -0.2) is 110 Å². The first-order chi connectivity index (χ1) is 23.2. The van der Waals surface area contributed by atoms with Gasteiger partial charge in [-0.25, -0.2) is 0 Å². The molecule has 1 aliphatic rings. The maximum atomic E-state index is 12.9. The number of hydrogen-bond acceptors (Lipinski definition) is 10. The number of hydrogen-bond donors (Lipinski definition) is 8. The smallest absolute Gasteiger partial charge is 0.249 e. The summed E-state index contributed by atoms with van der Waals surface area (Å²) in [5.74, 6) is -0.731. The fourth-order valence-corrected chi connectivity index (χ4v) is 5.43. The molecular weight excluding hydrogens is 618 g/mol. The van der Waals surface area contributed by atoms with Gasteiger partial charge in [0.25, 0.3) is 0 Å². The second-order valence-corrected chi connectivity index (χ2v) is 12.9. The van der Waals surface area contributed by atoms with E-state index in [1.807, 2.05) is 6.08 Å². The maximum absolute atomic E-state index is 12.9. The highest BCUT2D eigenvalue weighted by Gasteiger charge is 2.44. The van der Waals surface area contributed by atoms with Gasteiger partial charge in [0.1, 0.15) is 36.6 Å². The van der Waals surface area contributed by atoms with E-state index in [1.165, 1.54) is 25.7 Å². The summed E-state index contributed by atoms with van der Waals surface area (Å²) >= 11 is 0. The van der Waals surface area contributed by atoms with Gasteiger partial charge in [-0.1, -0.05) is 88.8 Å². The summed E-state index contributed by atoms with van der Waals surface area (Å²) in [7, 11) is 0. The minimum atomic E-state index is -1.67. The largest absolute Gasteiger partial charge is 0.394 e. The third-order valence-electron chi connectivity index (χ3n) is 8.64. The van der Waals surface area contributed by atoms with E-state index in [-0.39, 0.29) is 12.8 Å². The molecule has 0 radical (unpaired) electrons. The minimum absolute atomic E-state index is 0.227. The van der Waals surface area contributed by atoms with Crippen molar-refractivity contribution in [2.45, 2.75) is 178 Å². The molecule has 1 rings (SSSR count). The van der Waals surface area contributed by atoms with Crippen LogP contribution in [0.25, 0.3) is 0 Å². The SMILES string of the molecule is CCCC/C=C\CCCCCC(O)C(=O)NC(COC1OC(CO)C(O)C(O)C1O)C(O)C(O)CCC/C=C/CC/C=C/CCCCC. The number of aliphatic hydroxyl groups excluding tert-OH is 7. The molecular formula is C37H67NO10.